The van der Waals surface area contributed by atoms with E-state index in [1.54, 1.807) is 22.3 Å². The predicted molar refractivity (Wildman–Crippen MR) is 139 cm³/mol. The first-order valence-electron chi connectivity index (χ1n) is 10.8. The van der Waals surface area contributed by atoms with Crippen LogP contribution in [0.25, 0.3) is 16.9 Å². The van der Waals surface area contributed by atoms with Gasteiger partial charge in [0.15, 0.2) is 12.3 Å². The highest BCUT2D eigenvalue weighted by molar-refractivity contribution is 9.10. The van der Waals surface area contributed by atoms with Crippen LogP contribution in [0.1, 0.15) is 17.4 Å². The van der Waals surface area contributed by atoms with Crippen molar-refractivity contribution in [1.82, 2.24) is 14.7 Å². The molecule has 0 radical (unpaired) electrons. The summed E-state index contributed by atoms with van der Waals surface area (Å²) in [4.78, 5) is 15.0. The zero-order chi connectivity index (χ0) is 23.7. The molecule has 2 aromatic carbocycles. The van der Waals surface area contributed by atoms with Gasteiger partial charge in [-0.1, -0.05) is 40.7 Å². The molecule has 2 N–H and O–H groups in total. The molecule has 0 spiro atoms. The van der Waals surface area contributed by atoms with E-state index < -0.39 is 12.3 Å². The predicted octanol–water partition coefficient (Wildman–Crippen LogP) is 5.60. The van der Waals surface area contributed by atoms with Gasteiger partial charge in [0.1, 0.15) is 5.69 Å². The van der Waals surface area contributed by atoms with E-state index in [9.17, 15) is 4.79 Å². The Hall–Kier alpha value is -3.20. The molecule has 0 unspecified atom stereocenters. The van der Waals surface area contributed by atoms with Crippen molar-refractivity contribution in [2.45, 2.75) is 18.8 Å². The number of carbonyl (C=O) groups is 1. The van der Waals surface area contributed by atoms with Gasteiger partial charge in [-0.25, -0.2) is 4.68 Å². The zero-order valence-corrected chi connectivity index (χ0v) is 20.7. The summed E-state index contributed by atoms with van der Waals surface area (Å²) in [5.41, 5.74) is 11.2. The Kier molecular flexibility index (Phi) is 6.36. The molecule has 8 heteroatoms. The van der Waals surface area contributed by atoms with Crippen LogP contribution in [0.2, 0.25) is 0 Å². The van der Waals surface area contributed by atoms with Gasteiger partial charge in [-0.05, 0) is 59.8 Å². The minimum absolute atomic E-state index is 0.0943. The lowest BCUT2D eigenvalue weighted by atomic mass is 10.1. The normalized spacial score (nSPS) is 17.9. The van der Waals surface area contributed by atoms with Crippen molar-refractivity contribution in [1.29, 1.82) is 0 Å². The number of rotatable bonds is 7. The molecule has 0 aliphatic carbocycles. The number of nitrogens with zero attached hydrogens (tertiary/aromatic N) is 3. The topological polar surface area (TPSA) is 73.4 Å². The molecule has 5 rings (SSSR count). The molecule has 34 heavy (non-hydrogen) atoms. The van der Waals surface area contributed by atoms with Crippen molar-refractivity contribution in [3.8, 4) is 16.9 Å². The number of hydrogen-bond acceptors (Lipinski definition) is 5. The highest BCUT2D eigenvalue weighted by Crippen LogP contribution is 2.38. The van der Waals surface area contributed by atoms with E-state index in [1.807, 2.05) is 70.9 Å². The van der Waals surface area contributed by atoms with Gasteiger partial charge in [-0.2, -0.15) is 16.4 Å². The number of benzene rings is 2. The molecule has 1 aliphatic heterocycles. The van der Waals surface area contributed by atoms with Crippen LogP contribution in [-0.4, -0.2) is 33.2 Å². The Morgan fingerprint density at radius 2 is 1.91 bits per heavy atom. The summed E-state index contributed by atoms with van der Waals surface area (Å²) in [6.07, 6.45) is 2.94. The fraction of sp³-hybridized carbons (Fsp3) is 0.154. The summed E-state index contributed by atoms with van der Waals surface area (Å²) in [7, 11) is 0. The molecular formula is C26H23BrN4O2S. The SMILES string of the molecule is C=C[C@H]1O[C@H](c2cn(-c3ccc(Br)cc3)nc2-c2ccsc2)N(CCc2ccc(N)cc2)C1=O. The number of aromatic nitrogens is 2. The van der Waals surface area contributed by atoms with Gasteiger partial charge in [-0.3, -0.25) is 4.79 Å². The first-order valence-corrected chi connectivity index (χ1v) is 12.6. The molecule has 2 aromatic heterocycles. The molecule has 4 aromatic rings. The van der Waals surface area contributed by atoms with Crippen LogP contribution in [0.15, 0.2) is 88.7 Å². The second-order valence-electron chi connectivity index (χ2n) is 8.03. The van der Waals surface area contributed by atoms with Gasteiger partial charge in [0, 0.05) is 39.4 Å². The molecule has 3 heterocycles. The van der Waals surface area contributed by atoms with Crippen molar-refractivity contribution in [2.75, 3.05) is 12.3 Å². The average molecular weight is 535 g/mol. The Balaban J connectivity index is 1.52. The minimum atomic E-state index is -0.692. The number of anilines is 1. The number of carbonyl (C=O) groups excluding carboxylic acids is 1. The standard InChI is InChI=1S/C26H23BrN4O2S/c1-2-23-25(32)30(13-11-17-3-7-20(28)8-4-17)26(33-23)22-15-31(21-9-5-19(27)6-10-21)29-24(22)18-12-14-34-16-18/h2-10,12,14-16,23,26H,1,11,13,28H2/t23-,26-/m1/s1. The molecule has 6 nitrogen and oxygen atoms in total. The highest BCUT2D eigenvalue weighted by atomic mass is 79.9. The number of amides is 1. The molecular weight excluding hydrogens is 512 g/mol. The molecule has 1 aliphatic rings. The Labute approximate surface area is 210 Å². The first-order chi connectivity index (χ1) is 16.5. The molecule has 0 saturated carbocycles. The smallest absolute Gasteiger partial charge is 0.258 e. The van der Waals surface area contributed by atoms with Gasteiger partial charge in [0.2, 0.25) is 0 Å². The average Bonchev–Trinajstić information content (AvgIpc) is 3.58. The lowest BCUT2D eigenvalue weighted by Crippen LogP contribution is -2.32. The number of hydrogen-bond donors (Lipinski definition) is 1. The van der Waals surface area contributed by atoms with Crippen LogP contribution >= 0.6 is 27.3 Å². The van der Waals surface area contributed by atoms with Gasteiger partial charge < -0.3 is 15.4 Å². The maximum atomic E-state index is 13.2. The lowest BCUT2D eigenvalue weighted by Gasteiger charge is -2.23. The second kappa shape index (κ2) is 9.58. The molecule has 1 fully saturated rings. The number of thiophene rings is 1. The third-order valence-electron chi connectivity index (χ3n) is 5.81. The molecule has 1 amide bonds. The summed E-state index contributed by atoms with van der Waals surface area (Å²) < 4.78 is 9.05. The zero-order valence-electron chi connectivity index (χ0n) is 18.3. The molecule has 0 bridgehead atoms. The van der Waals surface area contributed by atoms with Crippen LogP contribution in [0.3, 0.4) is 0 Å². The third kappa shape index (κ3) is 4.44. The van der Waals surface area contributed by atoms with E-state index in [-0.39, 0.29) is 5.91 Å². The Bertz CT molecular complexity index is 1300. The summed E-state index contributed by atoms with van der Waals surface area (Å²) in [5.74, 6) is -0.0943. The van der Waals surface area contributed by atoms with Gasteiger partial charge >= 0.3 is 0 Å². The Morgan fingerprint density at radius 3 is 2.59 bits per heavy atom. The maximum Gasteiger partial charge on any atom is 0.258 e. The van der Waals surface area contributed by atoms with Crippen LogP contribution in [0.5, 0.6) is 0 Å². The van der Waals surface area contributed by atoms with Crippen LogP contribution < -0.4 is 5.73 Å². The number of nitrogens with two attached hydrogens (primary N) is 1. The van der Waals surface area contributed by atoms with E-state index >= 15 is 0 Å². The van der Waals surface area contributed by atoms with Crippen molar-refractivity contribution in [3.05, 3.63) is 99.8 Å². The summed E-state index contributed by atoms with van der Waals surface area (Å²) in [5, 5.41) is 8.96. The van der Waals surface area contributed by atoms with Gasteiger partial charge in [-0.15, -0.1) is 0 Å². The summed E-state index contributed by atoms with van der Waals surface area (Å²) in [6, 6.07) is 17.7. The molecule has 2 atom stereocenters. The second-order valence-corrected chi connectivity index (χ2v) is 9.73. The van der Waals surface area contributed by atoms with E-state index in [0.29, 0.717) is 13.0 Å². The summed E-state index contributed by atoms with van der Waals surface area (Å²) in [6.45, 7) is 4.31. The maximum absolute atomic E-state index is 13.2. The van der Waals surface area contributed by atoms with Crippen molar-refractivity contribution < 1.29 is 9.53 Å². The van der Waals surface area contributed by atoms with E-state index in [0.717, 1.165) is 38.2 Å². The van der Waals surface area contributed by atoms with E-state index in [4.69, 9.17) is 15.6 Å². The molecule has 1 saturated heterocycles. The van der Waals surface area contributed by atoms with Crippen LogP contribution in [-0.2, 0) is 16.0 Å². The van der Waals surface area contributed by atoms with Crippen LogP contribution in [0.4, 0.5) is 5.69 Å². The van der Waals surface area contributed by atoms with E-state index in [1.165, 1.54) is 0 Å². The Morgan fingerprint density at radius 1 is 1.15 bits per heavy atom. The van der Waals surface area contributed by atoms with Gasteiger partial charge in [0.05, 0.1) is 5.69 Å². The number of halogens is 1. The molecule has 172 valence electrons. The minimum Gasteiger partial charge on any atom is -0.399 e. The fourth-order valence-electron chi connectivity index (χ4n) is 4.03. The number of ether oxygens (including phenoxy) is 1. The van der Waals surface area contributed by atoms with Crippen molar-refractivity contribution >= 4 is 38.9 Å². The summed E-state index contributed by atoms with van der Waals surface area (Å²) >= 11 is 5.09. The van der Waals surface area contributed by atoms with Crippen LogP contribution in [0, 0.1) is 0 Å². The quantitative estimate of drug-likeness (QED) is 0.247. The van der Waals surface area contributed by atoms with E-state index in [2.05, 4.69) is 27.9 Å². The highest BCUT2D eigenvalue weighted by Gasteiger charge is 2.41. The third-order valence-corrected chi connectivity index (χ3v) is 7.03. The van der Waals surface area contributed by atoms with Crippen molar-refractivity contribution in [3.63, 3.8) is 0 Å². The van der Waals surface area contributed by atoms with Gasteiger partial charge in [0.25, 0.3) is 5.91 Å². The monoisotopic (exact) mass is 534 g/mol. The fourth-order valence-corrected chi connectivity index (χ4v) is 4.93. The first kappa shape index (κ1) is 22.6. The van der Waals surface area contributed by atoms with Crippen molar-refractivity contribution in [2.24, 2.45) is 0 Å². The largest absolute Gasteiger partial charge is 0.399 e. The lowest BCUT2D eigenvalue weighted by molar-refractivity contribution is -0.129. The number of nitrogen functional groups attached to an aromatic ring is 1.